The molecule has 0 aromatic carbocycles. The summed E-state index contributed by atoms with van der Waals surface area (Å²) in [5.41, 5.74) is 0.0310. The smallest absolute Gasteiger partial charge is 0.191 e. The Morgan fingerprint density at radius 1 is 1.22 bits per heavy atom. The molecule has 2 fully saturated rings. The summed E-state index contributed by atoms with van der Waals surface area (Å²) in [5, 5.41) is 7.25. The topological polar surface area (TPSA) is 48.9 Å². The van der Waals surface area contributed by atoms with Crippen molar-refractivity contribution in [1.29, 1.82) is 0 Å². The third kappa shape index (κ3) is 3.36. The van der Waals surface area contributed by atoms with Crippen molar-refractivity contribution in [2.24, 2.45) is 16.3 Å². The zero-order chi connectivity index (χ0) is 17.4. The first-order chi connectivity index (χ1) is 10.6. The van der Waals surface area contributed by atoms with Gasteiger partial charge in [0, 0.05) is 50.8 Å². The van der Waals surface area contributed by atoms with Gasteiger partial charge in [0.05, 0.1) is 5.60 Å². The predicted octanol–water partition coefficient (Wildman–Crippen LogP) is 2.08. The van der Waals surface area contributed by atoms with Crippen LogP contribution >= 0.6 is 0 Å². The maximum Gasteiger partial charge on any atom is 0.191 e. The normalized spacial score (nSPS) is 37.8. The molecule has 1 aliphatic heterocycles. The molecule has 4 atom stereocenters. The molecule has 0 spiro atoms. The molecule has 23 heavy (non-hydrogen) atoms. The van der Waals surface area contributed by atoms with Gasteiger partial charge in [-0.1, -0.05) is 20.8 Å². The molecule has 0 aromatic heterocycles. The van der Waals surface area contributed by atoms with Crippen LogP contribution in [0.15, 0.2) is 4.99 Å². The Labute approximate surface area is 142 Å². The zero-order valence-electron chi connectivity index (χ0n) is 16.2. The Morgan fingerprint density at radius 2 is 1.87 bits per heavy atom. The minimum absolute atomic E-state index is 0.0569. The largest absolute Gasteiger partial charge is 0.378 e. The fraction of sp³-hybridized carbons (Fsp3) is 0.944. The van der Waals surface area contributed by atoms with Crippen LogP contribution in [-0.4, -0.2) is 61.8 Å². The SMILES string of the molecule is CN=C(NC1CN(C(C)C)CC1C)NC1CC(C)(OC)C1(C)C. The van der Waals surface area contributed by atoms with Crippen molar-refractivity contribution in [1.82, 2.24) is 15.5 Å². The zero-order valence-corrected chi connectivity index (χ0v) is 16.2. The first-order valence-electron chi connectivity index (χ1n) is 8.93. The highest BCUT2D eigenvalue weighted by atomic mass is 16.5. The van der Waals surface area contributed by atoms with Gasteiger partial charge in [-0.05, 0) is 33.1 Å². The molecule has 134 valence electrons. The second-order valence-electron chi connectivity index (χ2n) is 8.41. The molecular weight excluding hydrogens is 288 g/mol. The van der Waals surface area contributed by atoms with E-state index < -0.39 is 0 Å². The molecule has 1 saturated carbocycles. The van der Waals surface area contributed by atoms with Crippen molar-refractivity contribution in [3.63, 3.8) is 0 Å². The Bertz CT molecular complexity index is 448. The number of methoxy groups -OCH3 is 1. The van der Waals surface area contributed by atoms with Crippen LogP contribution in [0.3, 0.4) is 0 Å². The van der Waals surface area contributed by atoms with Crippen molar-refractivity contribution >= 4 is 5.96 Å². The Hall–Kier alpha value is -0.810. The molecule has 1 heterocycles. The number of rotatable bonds is 4. The lowest BCUT2D eigenvalue weighted by atomic mass is 9.56. The van der Waals surface area contributed by atoms with Crippen molar-refractivity contribution < 1.29 is 4.74 Å². The molecule has 2 N–H and O–H groups in total. The van der Waals surface area contributed by atoms with E-state index in [1.165, 1.54) is 0 Å². The van der Waals surface area contributed by atoms with Crippen LogP contribution in [0.4, 0.5) is 0 Å². The average Bonchev–Trinajstić information content (AvgIpc) is 2.86. The van der Waals surface area contributed by atoms with Crippen LogP contribution in [0.2, 0.25) is 0 Å². The molecule has 5 nitrogen and oxygen atoms in total. The number of hydrogen-bond donors (Lipinski definition) is 2. The number of nitrogens with zero attached hydrogens (tertiary/aromatic N) is 2. The standard InChI is InChI=1S/C18H36N4O/c1-12(2)22-10-13(3)14(11-22)20-16(19-7)21-15-9-18(6,23-8)17(15,4)5/h12-15H,9-11H2,1-8H3,(H2,19,20,21). The quantitative estimate of drug-likeness (QED) is 0.614. The minimum Gasteiger partial charge on any atom is -0.378 e. The van der Waals surface area contributed by atoms with Gasteiger partial charge in [0.1, 0.15) is 0 Å². The van der Waals surface area contributed by atoms with E-state index in [2.05, 4.69) is 62.1 Å². The van der Waals surface area contributed by atoms with E-state index in [9.17, 15) is 0 Å². The molecule has 0 amide bonds. The summed E-state index contributed by atoms with van der Waals surface area (Å²) in [6.07, 6.45) is 1.01. The highest BCUT2D eigenvalue weighted by molar-refractivity contribution is 5.80. The maximum atomic E-state index is 5.72. The number of hydrogen-bond acceptors (Lipinski definition) is 3. The second-order valence-corrected chi connectivity index (χ2v) is 8.41. The van der Waals surface area contributed by atoms with Crippen molar-refractivity contribution in [2.75, 3.05) is 27.2 Å². The van der Waals surface area contributed by atoms with Crippen LogP contribution in [0, 0.1) is 11.3 Å². The van der Waals surface area contributed by atoms with Gasteiger partial charge >= 0.3 is 0 Å². The molecule has 1 aliphatic carbocycles. The molecule has 0 aromatic rings. The highest BCUT2D eigenvalue weighted by Crippen LogP contribution is 2.51. The van der Waals surface area contributed by atoms with Crippen LogP contribution < -0.4 is 10.6 Å². The lowest BCUT2D eigenvalue weighted by Crippen LogP contribution is -2.70. The molecule has 0 bridgehead atoms. The van der Waals surface area contributed by atoms with Gasteiger partial charge in [-0.2, -0.15) is 0 Å². The fourth-order valence-corrected chi connectivity index (χ4v) is 3.85. The predicted molar refractivity (Wildman–Crippen MR) is 96.9 cm³/mol. The van der Waals surface area contributed by atoms with E-state index in [1.807, 2.05) is 14.2 Å². The number of ether oxygens (including phenoxy) is 1. The number of aliphatic imine (C=N–C) groups is 1. The summed E-state index contributed by atoms with van der Waals surface area (Å²) in [4.78, 5) is 6.98. The van der Waals surface area contributed by atoms with Crippen molar-refractivity contribution in [3.8, 4) is 0 Å². The van der Waals surface area contributed by atoms with Gasteiger partial charge < -0.3 is 15.4 Å². The van der Waals surface area contributed by atoms with Crippen molar-refractivity contribution in [3.05, 3.63) is 0 Å². The Morgan fingerprint density at radius 3 is 2.30 bits per heavy atom. The third-order valence-electron chi connectivity index (χ3n) is 6.51. The van der Waals surface area contributed by atoms with E-state index in [4.69, 9.17) is 4.74 Å². The number of guanidine groups is 1. The van der Waals surface area contributed by atoms with E-state index >= 15 is 0 Å². The Kier molecular flexibility index (Phi) is 5.31. The third-order valence-corrected chi connectivity index (χ3v) is 6.51. The van der Waals surface area contributed by atoms with Gasteiger partial charge in [-0.25, -0.2) is 0 Å². The molecule has 2 aliphatic rings. The summed E-state index contributed by atoms with van der Waals surface area (Å²) in [6, 6.07) is 1.45. The minimum atomic E-state index is -0.0569. The lowest BCUT2D eigenvalue weighted by molar-refractivity contribution is -0.176. The summed E-state index contributed by atoms with van der Waals surface area (Å²) >= 11 is 0. The summed E-state index contributed by atoms with van der Waals surface area (Å²) in [5.74, 6) is 1.55. The van der Waals surface area contributed by atoms with Gasteiger partial charge in [-0.3, -0.25) is 9.89 Å². The van der Waals surface area contributed by atoms with E-state index in [-0.39, 0.29) is 11.0 Å². The van der Waals surface area contributed by atoms with E-state index in [0.29, 0.717) is 24.0 Å². The van der Waals surface area contributed by atoms with Gasteiger partial charge in [-0.15, -0.1) is 0 Å². The average molecular weight is 325 g/mol. The lowest BCUT2D eigenvalue weighted by Gasteiger charge is -2.59. The van der Waals surface area contributed by atoms with Crippen LogP contribution in [0.5, 0.6) is 0 Å². The molecule has 0 radical (unpaired) electrons. The summed E-state index contributed by atoms with van der Waals surface area (Å²) in [7, 11) is 3.67. The van der Waals surface area contributed by atoms with Gasteiger partial charge in [0.15, 0.2) is 5.96 Å². The van der Waals surface area contributed by atoms with Crippen molar-refractivity contribution in [2.45, 2.75) is 71.7 Å². The number of nitrogens with one attached hydrogen (secondary N) is 2. The van der Waals surface area contributed by atoms with E-state index in [1.54, 1.807) is 0 Å². The summed E-state index contributed by atoms with van der Waals surface area (Å²) < 4.78 is 5.72. The molecule has 1 saturated heterocycles. The molecular formula is C18H36N4O. The van der Waals surface area contributed by atoms with Crippen LogP contribution in [0.1, 0.15) is 48.0 Å². The number of likely N-dealkylation sites (tertiary alicyclic amines) is 1. The second kappa shape index (κ2) is 6.60. The fourth-order valence-electron chi connectivity index (χ4n) is 3.85. The Balaban J connectivity index is 1.93. The highest BCUT2D eigenvalue weighted by Gasteiger charge is 2.58. The maximum absolute atomic E-state index is 5.72. The van der Waals surface area contributed by atoms with Gasteiger partial charge in [0.2, 0.25) is 0 Å². The van der Waals surface area contributed by atoms with E-state index in [0.717, 1.165) is 25.5 Å². The molecule has 5 heteroatoms. The monoisotopic (exact) mass is 324 g/mol. The van der Waals surface area contributed by atoms with Crippen LogP contribution in [-0.2, 0) is 4.74 Å². The first kappa shape index (κ1) is 18.5. The first-order valence-corrected chi connectivity index (χ1v) is 8.93. The molecule has 2 rings (SSSR count). The molecule has 4 unspecified atom stereocenters. The summed E-state index contributed by atoms with van der Waals surface area (Å²) in [6.45, 7) is 15.8. The van der Waals surface area contributed by atoms with Gasteiger partial charge in [0.25, 0.3) is 0 Å². The van der Waals surface area contributed by atoms with Crippen LogP contribution in [0.25, 0.3) is 0 Å².